The number of ether oxygens (including phenoxy) is 7. The maximum Gasteiger partial charge on any atom is 0.217 e. The van der Waals surface area contributed by atoms with Gasteiger partial charge in [-0.1, -0.05) is 0 Å². The van der Waals surface area contributed by atoms with Gasteiger partial charge in [-0.25, -0.2) is 0 Å². The highest BCUT2D eigenvalue weighted by atomic mass is 16.8. The summed E-state index contributed by atoms with van der Waals surface area (Å²) in [6.07, 6.45) is -25.2. The normalized spacial score (nSPS) is 47.8. The third-order valence-electron chi connectivity index (χ3n) is 9.17. The SMILES string of the molecule is CC(=O)N[C@@H]1[C@@H](O)[C@H](O[C@@H]2O[C@H](CO)[C@@H](O[C@@H]3O[C@H](CO)[C@@H](O[C@@H]4O[C@H](CO)[C@@H](O)[C@H](O)[C@H]4N)[C@H](O)[C@H]3NC(C)=O)[C@H](O)[C@H]2N)[C@@H](CO)O[C@@H]1O. The first kappa shape index (κ1) is 41.9. The quantitative estimate of drug-likeness (QED) is 0.0881. The molecular formula is C28H50N4O19. The monoisotopic (exact) mass is 746 g/mol. The average molecular weight is 747 g/mol. The molecule has 4 heterocycles. The van der Waals surface area contributed by atoms with E-state index in [1.165, 1.54) is 0 Å². The zero-order valence-electron chi connectivity index (χ0n) is 27.7. The van der Waals surface area contributed by atoms with Crippen LogP contribution in [0.15, 0.2) is 0 Å². The first-order valence-electron chi connectivity index (χ1n) is 16.2. The molecule has 23 heteroatoms. The fraction of sp³-hybridized carbons (Fsp3) is 0.929. The Kier molecular flexibility index (Phi) is 14.8. The molecule has 296 valence electrons. The number of aliphatic hydroxyl groups excluding tert-OH is 10. The van der Waals surface area contributed by atoms with Crippen molar-refractivity contribution in [3.05, 3.63) is 0 Å². The van der Waals surface area contributed by atoms with Gasteiger partial charge in [0.25, 0.3) is 0 Å². The van der Waals surface area contributed by atoms with Gasteiger partial charge in [-0.05, 0) is 0 Å². The number of nitrogens with two attached hydrogens (primary N) is 2. The van der Waals surface area contributed by atoms with Crippen LogP contribution in [0.3, 0.4) is 0 Å². The fourth-order valence-corrected chi connectivity index (χ4v) is 6.45. The van der Waals surface area contributed by atoms with Gasteiger partial charge in [-0.3, -0.25) is 9.59 Å². The first-order valence-corrected chi connectivity index (χ1v) is 16.2. The molecule has 23 nitrogen and oxygen atoms in total. The van der Waals surface area contributed by atoms with Gasteiger partial charge in [0.1, 0.15) is 85.3 Å². The molecule has 20 atom stereocenters. The third-order valence-corrected chi connectivity index (χ3v) is 9.17. The zero-order chi connectivity index (χ0) is 37.9. The molecule has 51 heavy (non-hydrogen) atoms. The van der Waals surface area contributed by atoms with Gasteiger partial charge in [0.05, 0.1) is 38.5 Å². The summed E-state index contributed by atoms with van der Waals surface area (Å²) in [5.74, 6) is -1.32. The number of hydrogen-bond acceptors (Lipinski definition) is 21. The third kappa shape index (κ3) is 9.11. The minimum atomic E-state index is -1.77. The van der Waals surface area contributed by atoms with Crippen molar-refractivity contribution in [2.45, 2.75) is 136 Å². The van der Waals surface area contributed by atoms with Crippen LogP contribution >= 0.6 is 0 Å². The maximum atomic E-state index is 12.2. The summed E-state index contributed by atoms with van der Waals surface area (Å²) in [5, 5.41) is 109. The van der Waals surface area contributed by atoms with E-state index in [0.717, 1.165) is 13.8 Å². The smallest absolute Gasteiger partial charge is 0.217 e. The molecule has 0 aromatic carbocycles. The highest BCUT2D eigenvalue weighted by Crippen LogP contribution is 2.33. The number of nitrogens with one attached hydrogen (secondary N) is 2. The standard InChI is InChI=1S/C28H50N4O19/c1-7(37)31-15-20(42)23(10(4-34)45-25(15)44)49-27-14(30)19(41)22(11(5-35)47-27)51-28-16(32-8(2)38)21(43)24(12(6-36)48-28)50-26-13(29)18(40)17(39)9(3-33)46-26/h9-28,33-36,39-44H,3-6,29-30H2,1-2H3,(H,31,37)(H,32,38)/t9-,10-,11-,12-,13-,14-,15-,16-,17-,18-,19-,20-,21-,22-,23-,24-,25+,26+,27+,28+/m1/s1. The summed E-state index contributed by atoms with van der Waals surface area (Å²) in [5.41, 5.74) is 12.2. The molecule has 0 bridgehead atoms. The second-order valence-corrected chi connectivity index (χ2v) is 12.8. The van der Waals surface area contributed by atoms with Crippen LogP contribution < -0.4 is 22.1 Å². The van der Waals surface area contributed by atoms with E-state index in [9.17, 15) is 60.7 Å². The number of aliphatic hydroxyl groups is 10. The van der Waals surface area contributed by atoms with E-state index in [4.69, 9.17) is 44.6 Å². The molecule has 0 radical (unpaired) electrons. The predicted octanol–water partition coefficient (Wildman–Crippen LogP) is -9.53. The Morgan fingerprint density at radius 2 is 0.902 bits per heavy atom. The van der Waals surface area contributed by atoms with Crippen LogP contribution in [0.2, 0.25) is 0 Å². The molecule has 4 fully saturated rings. The number of rotatable bonds is 12. The summed E-state index contributed by atoms with van der Waals surface area (Å²) < 4.78 is 39.9. The van der Waals surface area contributed by atoms with Crippen LogP contribution in [0.4, 0.5) is 0 Å². The molecule has 4 aliphatic rings. The Bertz CT molecular complexity index is 1140. The maximum absolute atomic E-state index is 12.2. The van der Waals surface area contributed by atoms with Crippen molar-refractivity contribution in [3.63, 3.8) is 0 Å². The lowest BCUT2D eigenvalue weighted by molar-refractivity contribution is -0.360. The molecular weight excluding hydrogens is 696 g/mol. The Balaban J connectivity index is 1.51. The van der Waals surface area contributed by atoms with Gasteiger partial charge in [-0.2, -0.15) is 0 Å². The summed E-state index contributed by atoms with van der Waals surface area (Å²) >= 11 is 0. The van der Waals surface area contributed by atoms with Crippen molar-refractivity contribution in [2.75, 3.05) is 26.4 Å². The van der Waals surface area contributed by atoms with Gasteiger partial charge in [0.2, 0.25) is 11.8 Å². The molecule has 0 unspecified atom stereocenters. The Hall–Kier alpha value is -1.82. The van der Waals surface area contributed by atoms with E-state index in [2.05, 4.69) is 10.6 Å². The van der Waals surface area contributed by atoms with Crippen molar-refractivity contribution in [2.24, 2.45) is 11.5 Å². The topological polar surface area (TPSA) is 377 Å². The molecule has 2 amide bonds. The Morgan fingerprint density at radius 1 is 0.529 bits per heavy atom. The molecule has 4 aliphatic heterocycles. The average Bonchev–Trinajstić information content (AvgIpc) is 3.09. The van der Waals surface area contributed by atoms with E-state index in [1.54, 1.807) is 0 Å². The van der Waals surface area contributed by atoms with Crippen LogP contribution in [0.5, 0.6) is 0 Å². The van der Waals surface area contributed by atoms with Gasteiger partial charge in [0.15, 0.2) is 25.2 Å². The second-order valence-electron chi connectivity index (χ2n) is 12.8. The Labute approximate surface area is 290 Å². The van der Waals surface area contributed by atoms with Gasteiger partial charge in [-0.15, -0.1) is 0 Å². The van der Waals surface area contributed by atoms with Crippen molar-refractivity contribution in [1.82, 2.24) is 10.6 Å². The van der Waals surface area contributed by atoms with Gasteiger partial charge in [0, 0.05) is 13.8 Å². The largest absolute Gasteiger partial charge is 0.394 e. The van der Waals surface area contributed by atoms with E-state index in [-0.39, 0.29) is 0 Å². The second kappa shape index (κ2) is 18.0. The van der Waals surface area contributed by atoms with Gasteiger partial charge >= 0.3 is 0 Å². The van der Waals surface area contributed by atoms with Crippen molar-refractivity contribution >= 4 is 11.8 Å². The number of carbonyl (C=O) groups is 2. The van der Waals surface area contributed by atoms with Crippen LogP contribution in [-0.4, -0.2) is 212 Å². The highest BCUT2D eigenvalue weighted by molar-refractivity contribution is 5.73. The summed E-state index contributed by atoms with van der Waals surface area (Å²) in [6, 6.07) is -5.81. The van der Waals surface area contributed by atoms with Crippen molar-refractivity contribution in [1.29, 1.82) is 0 Å². The molecule has 0 aromatic rings. The molecule has 0 spiro atoms. The summed E-state index contributed by atoms with van der Waals surface area (Å²) in [7, 11) is 0. The van der Waals surface area contributed by atoms with Gasteiger partial charge < -0.3 is 106 Å². The molecule has 4 saturated heterocycles. The van der Waals surface area contributed by atoms with E-state index in [1.807, 2.05) is 0 Å². The van der Waals surface area contributed by atoms with Crippen LogP contribution in [-0.2, 0) is 42.7 Å². The first-order chi connectivity index (χ1) is 24.1. The lowest BCUT2D eigenvalue weighted by Crippen LogP contribution is -2.71. The minimum Gasteiger partial charge on any atom is -0.394 e. The van der Waals surface area contributed by atoms with E-state index in [0.29, 0.717) is 0 Å². The van der Waals surface area contributed by atoms with Crippen molar-refractivity contribution < 1.29 is 93.8 Å². The minimum absolute atomic E-state index is 0.627. The zero-order valence-corrected chi connectivity index (χ0v) is 27.7. The number of hydrogen-bond donors (Lipinski definition) is 14. The molecule has 0 aliphatic carbocycles. The highest BCUT2D eigenvalue weighted by Gasteiger charge is 2.55. The molecule has 0 aromatic heterocycles. The lowest BCUT2D eigenvalue weighted by Gasteiger charge is -2.50. The van der Waals surface area contributed by atoms with Crippen LogP contribution in [0.1, 0.15) is 13.8 Å². The molecule has 0 saturated carbocycles. The number of carbonyl (C=O) groups excluding carboxylic acids is 2. The fourth-order valence-electron chi connectivity index (χ4n) is 6.45. The van der Waals surface area contributed by atoms with E-state index >= 15 is 0 Å². The Morgan fingerprint density at radius 3 is 1.39 bits per heavy atom. The van der Waals surface area contributed by atoms with Crippen LogP contribution in [0.25, 0.3) is 0 Å². The number of amides is 2. The predicted molar refractivity (Wildman–Crippen MR) is 161 cm³/mol. The van der Waals surface area contributed by atoms with Crippen molar-refractivity contribution in [3.8, 4) is 0 Å². The molecule has 4 rings (SSSR count). The molecule has 16 N–H and O–H groups in total. The van der Waals surface area contributed by atoms with E-state index < -0.39 is 161 Å². The van der Waals surface area contributed by atoms with Crippen LogP contribution in [0, 0.1) is 0 Å². The summed E-state index contributed by atoms with van der Waals surface area (Å²) in [4.78, 5) is 23.8. The lowest BCUT2D eigenvalue weighted by atomic mass is 9.93. The summed E-state index contributed by atoms with van der Waals surface area (Å²) in [6.45, 7) is -0.945.